The number of amides is 2. The number of benzene rings is 1. The highest BCUT2D eigenvalue weighted by atomic mass is 16.5. The standard InChI is InChI=1S/C15H18N2O3/c16-14(18)10-20-13-7-3-6-12(9-13)17-15(19)8-11-4-1-2-5-11/h1,3-4,6-7,9,11H,2,5,8,10H2,(H2,16,18)(H,17,19)/t11-/m1/s1. The maximum Gasteiger partial charge on any atom is 0.255 e. The van der Waals surface area contributed by atoms with Gasteiger partial charge in [-0.15, -0.1) is 0 Å². The number of hydrogen-bond acceptors (Lipinski definition) is 3. The summed E-state index contributed by atoms with van der Waals surface area (Å²) in [5.41, 5.74) is 5.66. The lowest BCUT2D eigenvalue weighted by Crippen LogP contribution is -2.20. The Labute approximate surface area is 117 Å². The van der Waals surface area contributed by atoms with E-state index in [9.17, 15) is 9.59 Å². The van der Waals surface area contributed by atoms with Gasteiger partial charge in [-0.3, -0.25) is 9.59 Å². The lowest BCUT2D eigenvalue weighted by atomic mass is 10.1. The fourth-order valence-electron chi connectivity index (χ4n) is 2.13. The van der Waals surface area contributed by atoms with Gasteiger partial charge in [0.2, 0.25) is 5.91 Å². The average molecular weight is 274 g/mol. The number of ether oxygens (including phenoxy) is 1. The molecule has 0 unspecified atom stereocenters. The van der Waals surface area contributed by atoms with Gasteiger partial charge in [0.1, 0.15) is 5.75 Å². The molecule has 0 bridgehead atoms. The highest BCUT2D eigenvalue weighted by Gasteiger charge is 2.14. The summed E-state index contributed by atoms with van der Waals surface area (Å²) in [6.45, 7) is -0.176. The molecule has 0 aromatic heterocycles. The van der Waals surface area contributed by atoms with Gasteiger partial charge in [-0.05, 0) is 30.9 Å². The summed E-state index contributed by atoms with van der Waals surface area (Å²) in [7, 11) is 0. The largest absolute Gasteiger partial charge is 0.484 e. The first kappa shape index (κ1) is 14.1. The summed E-state index contributed by atoms with van der Waals surface area (Å²) in [6.07, 6.45) is 6.77. The maximum absolute atomic E-state index is 11.9. The van der Waals surface area contributed by atoms with E-state index in [-0.39, 0.29) is 12.5 Å². The van der Waals surface area contributed by atoms with Crippen LogP contribution in [0.1, 0.15) is 19.3 Å². The molecule has 5 heteroatoms. The van der Waals surface area contributed by atoms with Crippen molar-refractivity contribution >= 4 is 17.5 Å². The molecule has 2 rings (SSSR count). The zero-order valence-corrected chi connectivity index (χ0v) is 11.2. The predicted octanol–water partition coefficient (Wildman–Crippen LogP) is 1.85. The molecule has 0 fully saturated rings. The van der Waals surface area contributed by atoms with Crippen LogP contribution in [0.25, 0.3) is 0 Å². The van der Waals surface area contributed by atoms with Gasteiger partial charge < -0.3 is 15.8 Å². The summed E-state index contributed by atoms with van der Waals surface area (Å²) in [5.74, 6) is 0.285. The van der Waals surface area contributed by atoms with Crippen LogP contribution < -0.4 is 15.8 Å². The zero-order valence-electron chi connectivity index (χ0n) is 11.2. The van der Waals surface area contributed by atoms with E-state index in [1.54, 1.807) is 24.3 Å². The van der Waals surface area contributed by atoms with Crippen molar-refractivity contribution in [1.82, 2.24) is 0 Å². The summed E-state index contributed by atoms with van der Waals surface area (Å²) in [5, 5.41) is 2.83. The van der Waals surface area contributed by atoms with Crippen LogP contribution in [0, 0.1) is 5.92 Å². The number of nitrogens with two attached hydrogens (primary N) is 1. The summed E-state index contributed by atoms with van der Waals surface area (Å²) < 4.78 is 5.19. The third-order valence-electron chi connectivity index (χ3n) is 3.06. The summed E-state index contributed by atoms with van der Waals surface area (Å²) >= 11 is 0. The number of allylic oxidation sites excluding steroid dienone is 2. The van der Waals surface area contributed by atoms with Gasteiger partial charge in [0.05, 0.1) is 0 Å². The first-order chi connectivity index (χ1) is 9.63. The lowest BCUT2D eigenvalue weighted by Gasteiger charge is -2.10. The number of hydrogen-bond donors (Lipinski definition) is 2. The van der Waals surface area contributed by atoms with Crippen molar-refractivity contribution in [3.8, 4) is 5.75 Å². The fourth-order valence-corrected chi connectivity index (χ4v) is 2.13. The van der Waals surface area contributed by atoms with Gasteiger partial charge in [0, 0.05) is 18.2 Å². The summed E-state index contributed by atoms with van der Waals surface area (Å²) in [6, 6.07) is 6.91. The second-order valence-corrected chi connectivity index (χ2v) is 4.80. The molecular formula is C15H18N2O3. The molecule has 1 aliphatic rings. The quantitative estimate of drug-likeness (QED) is 0.777. The Kier molecular flexibility index (Phi) is 4.76. The highest BCUT2D eigenvalue weighted by Crippen LogP contribution is 2.22. The number of rotatable bonds is 6. The molecule has 0 radical (unpaired) electrons. The lowest BCUT2D eigenvalue weighted by molar-refractivity contribution is -0.120. The first-order valence-corrected chi connectivity index (χ1v) is 6.61. The number of carbonyl (C=O) groups excluding carboxylic acids is 2. The van der Waals surface area contributed by atoms with Crippen LogP contribution in [0.4, 0.5) is 5.69 Å². The molecule has 106 valence electrons. The van der Waals surface area contributed by atoms with Crippen molar-refractivity contribution in [3.05, 3.63) is 36.4 Å². The summed E-state index contributed by atoms with van der Waals surface area (Å²) in [4.78, 5) is 22.5. The van der Waals surface area contributed by atoms with Gasteiger partial charge in [-0.2, -0.15) is 0 Å². The van der Waals surface area contributed by atoms with Crippen LogP contribution in [-0.4, -0.2) is 18.4 Å². The molecule has 0 aliphatic heterocycles. The molecule has 1 aromatic carbocycles. The van der Waals surface area contributed by atoms with Crippen LogP contribution in [0.5, 0.6) is 5.75 Å². The molecule has 5 nitrogen and oxygen atoms in total. The van der Waals surface area contributed by atoms with E-state index < -0.39 is 5.91 Å². The van der Waals surface area contributed by atoms with Gasteiger partial charge >= 0.3 is 0 Å². The fraction of sp³-hybridized carbons (Fsp3) is 0.333. The van der Waals surface area contributed by atoms with Gasteiger partial charge in [-0.25, -0.2) is 0 Å². The van der Waals surface area contributed by atoms with Crippen molar-refractivity contribution in [2.24, 2.45) is 11.7 Å². The van der Waals surface area contributed by atoms with Crippen molar-refractivity contribution in [3.63, 3.8) is 0 Å². The van der Waals surface area contributed by atoms with Crippen molar-refractivity contribution in [2.45, 2.75) is 19.3 Å². The van der Waals surface area contributed by atoms with Crippen LogP contribution in [-0.2, 0) is 9.59 Å². The topological polar surface area (TPSA) is 81.4 Å². The molecule has 1 atom stereocenters. The second-order valence-electron chi connectivity index (χ2n) is 4.80. The van der Waals surface area contributed by atoms with Crippen LogP contribution in [0.3, 0.4) is 0 Å². The van der Waals surface area contributed by atoms with Crippen LogP contribution in [0.15, 0.2) is 36.4 Å². The number of nitrogens with one attached hydrogen (secondary N) is 1. The van der Waals surface area contributed by atoms with Crippen molar-refractivity contribution < 1.29 is 14.3 Å². The molecule has 1 aromatic rings. The number of carbonyl (C=O) groups is 2. The normalized spacial score (nSPS) is 16.9. The highest BCUT2D eigenvalue weighted by molar-refractivity contribution is 5.91. The maximum atomic E-state index is 11.9. The minimum Gasteiger partial charge on any atom is -0.484 e. The number of primary amides is 1. The Morgan fingerprint density at radius 3 is 2.95 bits per heavy atom. The Bertz CT molecular complexity index is 526. The third kappa shape index (κ3) is 4.42. The van der Waals surface area contributed by atoms with E-state index in [4.69, 9.17) is 10.5 Å². The Hall–Kier alpha value is -2.30. The van der Waals surface area contributed by atoms with Gasteiger partial charge in [0.25, 0.3) is 5.91 Å². The third-order valence-corrected chi connectivity index (χ3v) is 3.06. The number of anilines is 1. The first-order valence-electron chi connectivity index (χ1n) is 6.61. The van der Waals surface area contributed by atoms with Crippen molar-refractivity contribution in [2.75, 3.05) is 11.9 Å². The molecule has 1 aliphatic carbocycles. The SMILES string of the molecule is NC(=O)COc1cccc(NC(=O)C[C@@H]2C=CCC2)c1. The minimum atomic E-state index is -0.535. The van der Waals surface area contributed by atoms with Crippen LogP contribution in [0.2, 0.25) is 0 Å². The van der Waals surface area contributed by atoms with Gasteiger partial charge in [0.15, 0.2) is 6.61 Å². The molecule has 2 amide bonds. The van der Waals surface area contributed by atoms with E-state index in [0.717, 1.165) is 12.8 Å². The second kappa shape index (κ2) is 6.75. The van der Waals surface area contributed by atoms with Crippen molar-refractivity contribution in [1.29, 1.82) is 0 Å². The van der Waals surface area contributed by atoms with E-state index in [0.29, 0.717) is 23.8 Å². The molecular weight excluding hydrogens is 256 g/mol. The van der Waals surface area contributed by atoms with Gasteiger partial charge in [-0.1, -0.05) is 18.2 Å². The average Bonchev–Trinajstić information content (AvgIpc) is 2.89. The molecule has 20 heavy (non-hydrogen) atoms. The zero-order chi connectivity index (χ0) is 14.4. The predicted molar refractivity (Wildman–Crippen MR) is 76.2 cm³/mol. The minimum absolute atomic E-state index is 0.0198. The molecule has 0 spiro atoms. The van der Waals surface area contributed by atoms with Crippen LogP contribution >= 0.6 is 0 Å². The Balaban J connectivity index is 1.88. The Morgan fingerprint density at radius 2 is 2.25 bits per heavy atom. The van der Waals surface area contributed by atoms with E-state index in [1.165, 1.54) is 0 Å². The molecule has 3 N–H and O–H groups in total. The molecule has 0 heterocycles. The van der Waals surface area contributed by atoms with E-state index in [1.807, 2.05) is 0 Å². The molecule has 0 saturated carbocycles. The smallest absolute Gasteiger partial charge is 0.255 e. The van der Waals surface area contributed by atoms with E-state index >= 15 is 0 Å². The van der Waals surface area contributed by atoms with E-state index in [2.05, 4.69) is 17.5 Å². The Morgan fingerprint density at radius 1 is 1.40 bits per heavy atom. The molecule has 0 saturated heterocycles. The monoisotopic (exact) mass is 274 g/mol.